The van der Waals surface area contributed by atoms with E-state index in [0.29, 0.717) is 16.8 Å². The molecular weight excluding hydrogens is 400 g/mol. The standard InChI is InChI=1S/C24H24N8/c1-15-19(11-25)23(16-4-6-21-18(10-16)14-29-31-21)20(12-26)24(30-15)17-5-7-22(28-13-17)27-8-9-32(2)3/h4-7,10,13-14,23,30H,8-9H2,1-3H3,(H,27,28)(H,29,31). The predicted molar refractivity (Wildman–Crippen MR) is 124 cm³/mol. The molecule has 0 aliphatic carbocycles. The van der Waals surface area contributed by atoms with Crippen LogP contribution in [-0.2, 0) is 0 Å². The van der Waals surface area contributed by atoms with E-state index in [1.54, 1.807) is 12.4 Å². The van der Waals surface area contributed by atoms with Crippen LogP contribution in [0.2, 0.25) is 0 Å². The molecule has 2 aromatic heterocycles. The Morgan fingerprint density at radius 3 is 2.59 bits per heavy atom. The van der Waals surface area contributed by atoms with E-state index in [-0.39, 0.29) is 0 Å². The molecule has 0 radical (unpaired) electrons. The van der Waals surface area contributed by atoms with Crippen molar-refractivity contribution in [1.82, 2.24) is 25.4 Å². The molecule has 3 heterocycles. The first-order chi connectivity index (χ1) is 15.5. The maximum atomic E-state index is 10.1. The fourth-order valence-electron chi connectivity index (χ4n) is 3.85. The lowest BCUT2D eigenvalue weighted by molar-refractivity contribution is 0.425. The van der Waals surface area contributed by atoms with Crippen molar-refractivity contribution in [3.8, 4) is 12.1 Å². The number of likely N-dealkylation sites (N-methyl/N-ethyl adjacent to an activating group) is 1. The minimum atomic E-state index is -0.460. The number of anilines is 1. The number of dihydropyridines is 1. The van der Waals surface area contributed by atoms with Crippen LogP contribution >= 0.6 is 0 Å². The quantitative estimate of drug-likeness (QED) is 0.555. The molecule has 1 aliphatic rings. The average Bonchev–Trinajstić information content (AvgIpc) is 3.26. The maximum Gasteiger partial charge on any atom is 0.125 e. The van der Waals surface area contributed by atoms with E-state index in [9.17, 15) is 10.5 Å². The Hall–Kier alpha value is -4.14. The second-order valence-electron chi connectivity index (χ2n) is 7.99. The number of aromatic nitrogens is 3. The number of H-pyrrole nitrogens is 1. The first kappa shape index (κ1) is 21.1. The molecule has 1 aliphatic heterocycles. The van der Waals surface area contributed by atoms with Crippen molar-refractivity contribution in [2.45, 2.75) is 12.8 Å². The third-order valence-corrected chi connectivity index (χ3v) is 5.52. The highest BCUT2D eigenvalue weighted by atomic mass is 15.1. The molecule has 4 rings (SSSR count). The number of nitrogens with zero attached hydrogens (tertiary/aromatic N) is 5. The largest absolute Gasteiger partial charge is 0.369 e. The number of nitrogens with one attached hydrogen (secondary N) is 3. The summed E-state index contributed by atoms with van der Waals surface area (Å²) in [4.78, 5) is 6.61. The van der Waals surface area contributed by atoms with Gasteiger partial charge in [-0.2, -0.15) is 15.6 Å². The zero-order valence-electron chi connectivity index (χ0n) is 18.3. The van der Waals surface area contributed by atoms with Crippen LogP contribution in [0.25, 0.3) is 16.6 Å². The molecule has 32 heavy (non-hydrogen) atoms. The number of fused-ring (bicyclic) bond motifs is 1. The van der Waals surface area contributed by atoms with Crippen molar-refractivity contribution in [1.29, 1.82) is 10.5 Å². The van der Waals surface area contributed by atoms with Crippen molar-refractivity contribution in [3.63, 3.8) is 0 Å². The Bertz CT molecular complexity index is 1280. The lowest BCUT2D eigenvalue weighted by Gasteiger charge is -2.28. The summed E-state index contributed by atoms with van der Waals surface area (Å²) < 4.78 is 0. The van der Waals surface area contributed by atoms with E-state index >= 15 is 0 Å². The number of benzene rings is 1. The molecule has 0 amide bonds. The van der Waals surface area contributed by atoms with Gasteiger partial charge in [0.2, 0.25) is 0 Å². The van der Waals surface area contributed by atoms with Crippen molar-refractivity contribution in [2.24, 2.45) is 0 Å². The molecule has 1 atom stereocenters. The summed E-state index contributed by atoms with van der Waals surface area (Å²) in [7, 11) is 4.05. The van der Waals surface area contributed by atoms with Gasteiger partial charge < -0.3 is 15.5 Å². The van der Waals surface area contributed by atoms with Gasteiger partial charge in [-0.3, -0.25) is 5.10 Å². The zero-order valence-corrected chi connectivity index (χ0v) is 18.3. The Morgan fingerprint density at radius 1 is 1.09 bits per heavy atom. The number of rotatable bonds is 6. The first-order valence-corrected chi connectivity index (χ1v) is 10.3. The first-order valence-electron chi connectivity index (χ1n) is 10.3. The maximum absolute atomic E-state index is 10.1. The molecular formula is C24H24N8. The van der Waals surface area contributed by atoms with Crippen LogP contribution in [0.15, 0.2) is 59.6 Å². The van der Waals surface area contributed by atoms with Gasteiger partial charge >= 0.3 is 0 Å². The fourth-order valence-corrected chi connectivity index (χ4v) is 3.85. The predicted octanol–water partition coefficient (Wildman–Crippen LogP) is 3.35. The topological polar surface area (TPSA) is 116 Å². The minimum absolute atomic E-state index is 0.460. The molecule has 1 aromatic carbocycles. The van der Waals surface area contributed by atoms with E-state index in [2.05, 4.69) is 42.9 Å². The van der Waals surface area contributed by atoms with E-state index < -0.39 is 5.92 Å². The highest BCUT2D eigenvalue weighted by molar-refractivity contribution is 5.82. The number of allylic oxidation sites excluding steroid dienone is 3. The van der Waals surface area contributed by atoms with Crippen LogP contribution in [0, 0.1) is 22.7 Å². The summed E-state index contributed by atoms with van der Waals surface area (Å²) in [5.74, 6) is 0.316. The van der Waals surface area contributed by atoms with E-state index in [0.717, 1.165) is 46.6 Å². The van der Waals surface area contributed by atoms with Crippen LogP contribution < -0.4 is 10.6 Å². The number of hydrogen-bond donors (Lipinski definition) is 3. The zero-order chi connectivity index (χ0) is 22.7. The molecule has 0 spiro atoms. The van der Waals surface area contributed by atoms with Gasteiger partial charge in [-0.25, -0.2) is 4.98 Å². The summed E-state index contributed by atoms with van der Waals surface area (Å²) in [5.41, 5.74) is 5.01. The summed E-state index contributed by atoms with van der Waals surface area (Å²) in [6.07, 6.45) is 3.49. The van der Waals surface area contributed by atoms with Gasteiger partial charge in [-0.15, -0.1) is 0 Å². The third-order valence-electron chi connectivity index (χ3n) is 5.52. The van der Waals surface area contributed by atoms with E-state index in [1.807, 2.05) is 51.4 Å². The minimum Gasteiger partial charge on any atom is -0.369 e. The SMILES string of the molecule is CC1=C(C#N)C(c2ccc3[nH]ncc3c2)C(C#N)=C(c2ccc(NCCN(C)C)nc2)N1. The third kappa shape index (κ3) is 4.04. The van der Waals surface area contributed by atoms with Crippen molar-refractivity contribution in [3.05, 3.63) is 70.7 Å². The lowest BCUT2D eigenvalue weighted by Crippen LogP contribution is -2.24. The van der Waals surface area contributed by atoms with Gasteiger partial charge in [0.05, 0.1) is 46.6 Å². The molecule has 1 unspecified atom stereocenters. The van der Waals surface area contributed by atoms with Crippen molar-refractivity contribution >= 4 is 22.4 Å². The Labute approximate surface area is 186 Å². The van der Waals surface area contributed by atoms with Crippen LogP contribution in [0.4, 0.5) is 5.82 Å². The van der Waals surface area contributed by atoms with E-state index in [1.165, 1.54) is 0 Å². The summed E-state index contributed by atoms with van der Waals surface area (Å²) in [6.45, 7) is 3.55. The second-order valence-corrected chi connectivity index (χ2v) is 7.99. The Kier molecular flexibility index (Phi) is 5.89. The smallest absolute Gasteiger partial charge is 0.125 e. The van der Waals surface area contributed by atoms with Crippen LogP contribution in [0.5, 0.6) is 0 Å². The molecule has 8 nitrogen and oxygen atoms in total. The molecule has 0 saturated carbocycles. The van der Waals surface area contributed by atoms with Gasteiger partial charge in [0.15, 0.2) is 0 Å². The van der Waals surface area contributed by atoms with Crippen LogP contribution in [0.1, 0.15) is 24.0 Å². The van der Waals surface area contributed by atoms with Gasteiger partial charge in [0.25, 0.3) is 0 Å². The molecule has 8 heteroatoms. The lowest BCUT2D eigenvalue weighted by atomic mass is 9.80. The monoisotopic (exact) mass is 424 g/mol. The molecule has 3 aromatic rings. The number of nitriles is 2. The number of hydrogen-bond acceptors (Lipinski definition) is 7. The van der Waals surface area contributed by atoms with Gasteiger partial charge in [0.1, 0.15) is 5.82 Å². The van der Waals surface area contributed by atoms with Gasteiger partial charge in [-0.05, 0) is 50.8 Å². The molecule has 160 valence electrons. The highest BCUT2D eigenvalue weighted by Gasteiger charge is 2.31. The highest BCUT2D eigenvalue weighted by Crippen LogP contribution is 2.40. The van der Waals surface area contributed by atoms with Crippen LogP contribution in [-0.4, -0.2) is 47.3 Å². The Morgan fingerprint density at radius 2 is 1.91 bits per heavy atom. The molecule has 0 saturated heterocycles. The summed E-state index contributed by atoms with van der Waals surface area (Å²) in [5, 5.41) is 34.5. The van der Waals surface area contributed by atoms with Gasteiger partial charge in [0, 0.05) is 35.9 Å². The van der Waals surface area contributed by atoms with Crippen molar-refractivity contribution in [2.75, 3.05) is 32.5 Å². The van der Waals surface area contributed by atoms with Crippen molar-refractivity contribution < 1.29 is 0 Å². The fraction of sp³-hybridized carbons (Fsp3) is 0.250. The molecule has 0 fully saturated rings. The molecule has 0 bridgehead atoms. The summed E-state index contributed by atoms with van der Waals surface area (Å²) >= 11 is 0. The van der Waals surface area contributed by atoms with E-state index in [4.69, 9.17) is 0 Å². The van der Waals surface area contributed by atoms with Crippen LogP contribution in [0.3, 0.4) is 0 Å². The van der Waals surface area contributed by atoms with Gasteiger partial charge in [-0.1, -0.05) is 6.07 Å². The average molecular weight is 425 g/mol. The molecule has 3 N–H and O–H groups in total. The second kappa shape index (κ2) is 8.93. The Balaban J connectivity index is 1.72. The number of pyridine rings is 1. The normalized spacial score (nSPS) is 16.1. The summed E-state index contributed by atoms with van der Waals surface area (Å²) in [6, 6.07) is 14.3. The number of aromatic amines is 1.